The maximum atomic E-state index is 13.4. The molecular formula is C18H19F2N5S. The largest absolute Gasteiger partial charge is 0.299 e. The molecule has 0 bridgehead atoms. The fraction of sp³-hybridized carbons (Fsp3) is 0.389. The molecule has 0 amide bonds. The molecule has 0 unspecified atom stereocenters. The lowest BCUT2D eigenvalue weighted by Gasteiger charge is -2.32. The van der Waals surface area contributed by atoms with E-state index in [0.717, 1.165) is 36.4 Å². The summed E-state index contributed by atoms with van der Waals surface area (Å²) in [7, 11) is 0. The maximum Gasteiger partial charge on any atom is 0.214 e. The van der Waals surface area contributed by atoms with Crippen LogP contribution in [-0.4, -0.2) is 38.2 Å². The van der Waals surface area contributed by atoms with E-state index in [-0.39, 0.29) is 0 Å². The van der Waals surface area contributed by atoms with Gasteiger partial charge < -0.3 is 0 Å². The van der Waals surface area contributed by atoms with Crippen LogP contribution >= 0.6 is 11.3 Å². The zero-order valence-electron chi connectivity index (χ0n) is 14.2. The lowest BCUT2D eigenvalue weighted by atomic mass is 9.97. The fourth-order valence-electron chi connectivity index (χ4n) is 3.40. The molecule has 1 atom stereocenters. The highest BCUT2D eigenvalue weighted by atomic mass is 32.1. The second-order valence-corrected chi connectivity index (χ2v) is 7.58. The molecule has 1 aromatic carbocycles. The second kappa shape index (κ2) is 7.59. The average molecular weight is 375 g/mol. The van der Waals surface area contributed by atoms with Gasteiger partial charge in [-0.05, 0) is 59.7 Å². The molecule has 1 aliphatic heterocycles. The monoisotopic (exact) mass is 375 g/mol. The van der Waals surface area contributed by atoms with E-state index in [1.807, 2.05) is 17.5 Å². The number of rotatable bonds is 5. The Morgan fingerprint density at radius 2 is 2.12 bits per heavy atom. The van der Waals surface area contributed by atoms with Crippen molar-refractivity contribution in [2.45, 2.75) is 25.9 Å². The van der Waals surface area contributed by atoms with Crippen molar-refractivity contribution < 1.29 is 8.78 Å². The Hall–Kier alpha value is -2.19. The molecule has 26 heavy (non-hydrogen) atoms. The molecule has 8 heteroatoms. The maximum absolute atomic E-state index is 13.4. The number of piperidine rings is 1. The molecular weight excluding hydrogens is 356 g/mol. The van der Waals surface area contributed by atoms with Crippen LogP contribution in [-0.2, 0) is 13.1 Å². The van der Waals surface area contributed by atoms with Crippen molar-refractivity contribution in [3.05, 3.63) is 52.9 Å². The van der Waals surface area contributed by atoms with Crippen LogP contribution in [0.2, 0.25) is 0 Å². The second-order valence-electron chi connectivity index (χ2n) is 6.64. The summed E-state index contributed by atoms with van der Waals surface area (Å²) in [5.74, 6) is -0.512. The van der Waals surface area contributed by atoms with Gasteiger partial charge in [0.15, 0.2) is 11.6 Å². The Labute approximate surface area is 154 Å². The Bertz CT molecular complexity index is 864. The first-order chi connectivity index (χ1) is 12.7. The van der Waals surface area contributed by atoms with Crippen LogP contribution in [0.15, 0.2) is 35.7 Å². The number of benzene rings is 1. The number of thiophene rings is 1. The number of hydrogen-bond donors (Lipinski definition) is 0. The molecule has 0 aliphatic carbocycles. The minimum absolute atomic E-state index is 0.416. The van der Waals surface area contributed by atoms with Gasteiger partial charge in [-0.3, -0.25) is 4.90 Å². The third kappa shape index (κ3) is 3.96. The van der Waals surface area contributed by atoms with E-state index in [1.54, 1.807) is 22.2 Å². The summed E-state index contributed by atoms with van der Waals surface area (Å²) in [5, 5.41) is 14.8. The van der Waals surface area contributed by atoms with Crippen molar-refractivity contribution in [1.82, 2.24) is 25.1 Å². The number of hydrogen-bond acceptors (Lipinski definition) is 5. The summed E-state index contributed by atoms with van der Waals surface area (Å²) < 4.78 is 26.5. The smallest absolute Gasteiger partial charge is 0.214 e. The lowest BCUT2D eigenvalue weighted by molar-refractivity contribution is 0.149. The van der Waals surface area contributed by atoms with Gasteiger partial charge in [-0.15, -0.1) is 21.5 Å². The van der Waals surface area contributed by atoms with Crippen molar-refractivity contribution in [3.63, 3.8) is 0 Å². The van der Waals surface area contributed by atoms with Gasteiger partial charge in [0.1, 0.15) is 0 Å². The van der Waals surface area contributed by atoms with Crippen molar-refractivity contribution in [2.24, 2.45) is 5.92 Å². The molecule has 0 saturated carbocycles. The van der Waals surface area contributed by atoms with Crippen LogP contribution in [0.1, 0.15) is 18.4 Å². The van der Waals surface area contributed by atoms with Crippen molar-refractivity contribution in [3.8, 4) is 10.7 Å². The third-order valence-electron chi connectivity index (χ3n) is 4.61. The van der Waals surface area contributed by atoms with E-state index >= 15 is 0 Å². The molecule has 0 radical (unpaired) electrons. The topological polar surface area (TPSA) is 46.8 Å². The van der Waals surface area contributed by atoms with Gasteiger partial charge >= 0.3 is 0 Å². The molecule has 3 aromatic rings. The van der Waals surface area contributed by atoms with Crippen LogP contribution in [0.5, 0.6) is 0 Å². The number of halogens is 2. The molecule has 2 aromatic heterocycles. The van der Waals surface area contributed by atoms with E-state index in [9.17, 15) is 8.78 Å². The Morgan fingerprint density at radius 3 is 2.92 bits per heavy atom. The van der Waals surface area contributed by atoms with Gasteiger partial charge in [0.05, 0.1) is 11.4 Å². The van der Waals surface area contributed by atoms with E-state index < -0.39 is 11.6 Å². The van der Waals surface area contributed by atoms with Gasteiger partial charge in [0.2, 0.25) is 5.82 Å². The number of likely N-dealkylation sites (tertiary alicyclic amines) is 1. The number of nitrogens with zero attached hydrogens (tertiary/aromatic N) is 5. The summed E-state index contributed by atoms with van der Waals surface area (Å²) in [4.78, 5) is 4.96. The van der Waals surface area contributed by atoms with Crippen LogP contribution in [0.4, 0.5) is 8.78 Å². The highest BCUT2D eigenvalue weighted by Gasteiger charge is 2.22. The first-order valence-corrected chi connectivity index (χ1v) is 9.53. The highest BCUT2D eigenvalue weighted by molar-refractivity contribution is 7.13. The summed E-state index contributed by atoms with van der Waals surface area (Å²) >= 11 is 1.60. The molecule has 1 fully saturated rings. The minimum Gasteiger partial charge on any atom is -0.299 e. The zero-order valence-corrected chi connectivity index (χ0v) is 15.0. The van der Waals surface area contributed by atoms with Crippen LogP contribution in [0, 0.1) is 17.6 Å². The van der Waals surface area contributed by atoms with Gasteiger partial charge in [-0.2, -0.15) is 4.80 Å². The van der Waals surface area contributed by atoms with Gasteiger partial charge in [-0.25, -0.2) is 8.78 Å². The lowest BCUT2D eigenvalue weighted by Crippen LogP contribution is -2.36. The average Bonchev–Trinajstić information content (AvgIpc) is 3.30. The van der Waals surface area contributed by atoms with Crippen molar-refractivity contribution in [2.75, 3.05) is 13.1 Å². The summed E-state index contributed by atoms with van der Waals surface area (Å²) in [6.45, 7) is 3.18. The molecule has 1 aliphatic rings. The van der Waals surface area contributed by atoms with Gasteiger partial charge in [-0.1, -0.05) is 12.1 Å². The summed E-state index contributed by atoms with van der Waals surface area (Å²) in [6.07, 6.45) is 2.17. The van der Waals surface area contributed by atoms with Crippen LogP contribution in [0.25, 0.3) is 10.7 Å². The van der Waals surface area contributed by atoms with E-state index in [2.05, 4.69) is 20.3 Å². The first-order valence-electron chi connectivity index (χ1n) is 8.65. The van der Waals surface area contributed by atoms with E-state index in [0.29, 0.717) is 24.8 Å². The van der Waals surface area contributed by atoms with E-state index in [4.69, 9.17) is 0 Å². The first kappa shape index (κ1) is 17.2. The molecule has 3 heterocycles. The minimum atomic E-state index is -0.802. The Morgan fingerprint density at radius 1 is 1.19 bits per heavy atom. The number of aromatic nitrogens is 4. The third-order valence-corrected chi connectivity index (χ3v) is 5.48. The number of tetrazole rings is 1. The molecule has 0 N–H and O–H groups in total. The zero-order chi connectivity index (χ0) is 17.9. The Kier molecular flexibility index (Phi) is 5.03. The van der Waals surface area contributed by atoms with Gasteiger partial charge in [0.25, 0.3) is 0 Å². The van der Waals surface area contributed by atoms with Crippen molar-refractivity contribution in [1.29, 1.82) is 0 Å². The van der Waals surface area contributed by atoms with E-state index in [1.165, 1.54) is 12.1 Å². The normalized spacial score (nSPS) is 18.3. The molecule has 5 nitrogen and oxygen atoms in total. The van der Waals surface area contributed by atoms with Crippen LogP contribution in [0.3, 0.4) is 0 Å². The standard InChI is InChI=1S/C18H19F2N5S/c19-15-6-5-13(9-16(15)20)10-24-7-1-3-14(11-24)12-25-22-18(21-23-25)17-4-2-8-26-17/h2,4-6,8-9,14H,1,3,7,10-12H2/t14-/m0/s1. The molecule has 0 spiro atoms. The fourth-order valence-corrected chi connectivity index (χ4v) is 4.04. The molecule has 1 saturated heterocycles. The Balaban J connectivity index is 1.37. The predicted molar refractivity (Wildman–Crippen MR) is 95.5 cm³/mol. The summed E-state index contributed by atoms with van der Waals surface area (Å²) in [5.41, 5.74) is 0.795. The van der Waals surface area contributed by atoms with Crippen molar-refractivity contribution >= 4 is 11.3 Å². The highest BCUT2D eigenvalue weighted by Crippen LogP contribution is 2.22. The SMILES string of the molecule is Fc1ccc(CN2CCC[C@H](Cn3nnc(-c4cccs4)n3)C2)cc1F. The van der Waals surface area contributed by atoms with Gasteiger partial charge in [0, 0.05) is 13.1 Å². The molecule has 4 rings (SSSR count). The van der Waals surface area contributed by atoms with Crippen LogP contribution < -0.4 is 0 Å². The quantitative estimate of drug-likeness (QED) is 0.684. The molecule has 136 valence electrons. The summed E-state index contributed by atoms with van der Waals surface area (Å²) in [6, 6.07) is 8.07. The predicted octanol–water partition coefficient (Wildman–Crippen LogP) is 3.59.